The average Bonchev–Trinajstić information content (AvgIpc) is 2.69. The van der Waals surface area contributed by atoms with Gasteiger partial charge in [0.2, 0.25) is 5.91 Å². The number of amides is 2. The van der Waals surface area contributed by atoms with Crippen LogP contribution in [0.2, 0.25) is 5.02 Å². The fourth-order valence-electron chi connectivity index (χ4n) is 2.31. The zero-order valence-corrected chi connectivity index (χ0v) is 16.6. The maximum atomic E-state index is 12.5. The number of carbonyl (C=O) groups excluding carboxylic acids is 2. The average molecular weight is 401 g/mol. The lowest BCUT2D eigenvalue weighted by molar-refractivity contribution is -0.122. The van der Waals surface area contributed by atoms with Crippen LogP contribution < -0.4 is 10.6 Å². The van der Waals surface area contributed by atoms with Crippen LogP contribution in [0.4, 0.5) is 0 Å². The Hall–Kier alpha value is -2.42. The molecule has 0 aliphatic carbocycles. The van der Waals surface area contributed by atoms with E-state index in [0.717, 1.165) is 11.3 Å². The Labute approximate surface area is 169 Å². The molecule has 0 aromatic heterocycles. The Morgan fingerprint density at radius 2 is 1.81 bits per heavy atom. The quantitative estimate of drug-likeness (QED) is 0.700. The maximum Gasteiger partial charge on any atom is 0.253 e. The van der Waals surface area contributed by atoms with Crippen molar-refractivity contribution in [3.8, 4) is 11.8 Å². The molecule has 2 N–H and O–H groups in total. The van der Waals surface area contributed by atoms with Gasteiger partial charge < -0.3 is 10.6 Å². The van der Waals surface area contributed by atoms with Gasteiger partial charge in [-0.25, -0.2) is 0 Å². The molecule has 0 heterocycles. The van der Waals surface area contributed by atoms with E-state index in [-0.39, 0.29) is 18.4 Å². The molecule has 0 saturated carbocycles. The van der Waals surface area contributed by atoms with Gasteiger partial charge >= 0.3 is 0 Å². The fourth-order valence-corrected chi connectivity index (χ4v) is 3.00. The molecule has 140 valence electrons. The summed E-state index contributed by atoms with van der Waals surface area (Å²) in [6, 6.07) is 15.7. The molecule has 0 spiro atoms. The van der Waals surface area contributed by atoms with Crippen LogP contribution in [0, 0.1) is 11.8 Å². The van der Waals surface area contributed by atoms with Gasteiger partial charge in [-0.1, -0.05) is 53.8 Å². The number of halogens is 1. The van der Waals surface area contributed by atoms with Crippen molar-refractivity contribution in [3.05, 3.63) is 70.7 Å². The number of nitrogens with one attached hydrogen (secondary N) is 2. The van der Waals surface area contributed by atoms with Gasteiger partial charge in [0.1, 0.15) is 6.04 Å². The predicted molar refractivity (Wildman–Crippen MR) is 112 cm³/mol. The van der Waals surface area contributed by atoms with Crippen LogP contribution in [-0.4, -0.2) is 36.4 Å². The number of hydrogen-bond donors (Lipinski definition) is 2. The molecule has 6 heteroatoms. The van der Waals surface area contributed by atoms with Gasteiger partial charge in [0.05, 0.1) is 17.1 Å². The third kappa shape index (κ3) is 7.01. The fraction of sp³-hybridized carbons (Fsp3) is 0.238. The number of rotatable bonds is 7. The highest BCUT2D eigenvalue weighted by Gasteiger charge is 2.21. The zero-order chi connectivity index (χ0) is 19.5. The van der Waals surface area contributed by atoms with Crippen molar-refractivity contribution in [2.75, 3.05) is 18.6 Å². The van der Waals surface area contributed by atoms with Crippen molar-refractivity contribution >= 4 is 35.2 Å². The third-order valence-electron chi connectivity index (χ3n) is 3.71. The number of carbonyl (C=O) groups is 2. The van der Waals surface area contributed by atoms with Crippen molar-refractivity contribution in [3.63, 3.8) is 0 Å². The zero-order valence-electron chi connectivity index (χ0n) is 15.0. The second-order valence-corrected chi connectivity index (χ2v) is 7.07. The first-order valence-corrected chi connectivity index (χ1v) is 10.2. The van der Waals surface area contributed by atoms with Crippen LogP contribution >= 0.6 is 23.4 Å². The molecule has 0 radical (unpaired) electrons. The van der Waals surface area contributed by atoms with E-state index in [1.54, 1.807) is 36.0 Å². The van der Waals surface area contributed by atoms with Gasteiger partial charge in [-0.05, 0) is 42.7 Å². The summed E-state index contributed by atoms with van der Waals surface area (Å²) in [5.74, 6) is 6.02. The molecule has 0 aliphatic heterocycles. The SMILES string of the molecule is CSCC[C@H](NC(=O)c1ccccc1Cl)C(=O)NCC#Cc1ccccc1. The first kappa shape index (κ1) is 20.9. The highest BCUT2D eigenvalue weighted by molar-refractivity contribution is 7.98. The van der Waals surface area contributed by atoms with Crippen molar-refractivity contribution in [1.29, 1.82) is 0 Å². The summed E-state index contributed by atoms with van der Waals surface area (Å²) >= 11 is 7.68. The number of benzene rings is 2. The van der Waals surface area contributed by atoms with Gasteiger partial charge in [0, 0.05) is 5.56 Å². The van der Waals surface area contributed by atoms with E-state index in [0.29, 0.717) is 17.0 Å². The first-order chi connectivity index (χ1) is 13.1. The highest BCUT2D eigenvalue weighted by Crippen LogP contribution is 2.15. The minimum atomic E-state index is -0.639. The lowest BCUT2D eigenvalue weighted by Crippen LogP contribution is -2.47. The molecule has 2 rings (SSSR count). The smallest absolute Gasteiger partial charge is 0.253 e. The van der Waals surface area contributed by atoms with Crippen LogP contribution in [0.25, 0.3) is 0 Å². The largest absolute Gasteiger partial charge is 0.343 e. The van der Waals surface area contributed by atoms with Crippen LogP contribution in [0.5, 0.6) is 0 Å². The Morgan fingerprint density at radius 3 is 2.52 bits per heavy atom. The van der Waals surface area contributed by atoms with Crippen molar-refractivity contribution in [2.24, 2.45) is 0 Å². The first-order valence-electron chi connectivity index (χ1n) is 8.47. The van der Waals surface area contributed by atoms with E-state index < -0.39 is 6.04 Å². The molecule has 2 aromatic carbocycles. The highest BCUT2D eigenvalue weighted by atomic mass is 35.5. The van der Waals surface area contributed by atoms with Gasteiger partial charge in [0.25, 0.3) is 5.91 Å². The topological polar surface area (TPSA) is 58.2 Å². The van der Waals surface area contributed by atoms with Crippen LogP contribution in [0.1, 0.15) is 22.3 Å². The molecule has 0 bridgehead atoms. The molecular weight excluding hydrogens is 380 g/mol. The van der Waals surface area contributed by atoms with E-state index >= 15 is 0 Å². The molecule has 4 nitrogen and oxygen atoms in total. The minimum Gasteiger partial charge on any atom is -0.343 e. The van der Waals surface area contributed by atoms with Gasteiger partial charge in [-0.3, -0.25) is 9.59 Å². The van der Waals surface area contributed by atoms with E-state index in [9.17, 15) is 9.59 Å². The Morgan fingerprint density at radius 1 is 1.11 bits per heavy atom. The second kappa shape index (κ2) is 11.3. The minimum absolute atomic E-state index is 0.214. The standard InChI is InChI=1S/C21H21ClN2O2S/c1-27-15-13-19(24-20(25)17-11-5-6-12-18(17)22)21(26)23-14-7-10-16-8-3-2-4-9-16/h2-6,8-9,11-12,19H,13-15H2,1H3,(H,23,26)(H,24,25)/t19-/m0/s1. The predicted octanol–water partition coefficient (Wildman–Crippen LogP) is 3.36. The molecular formula is C21H21ClN2O2S. The van der Waals surface area contributed by atoms with Crippen LogP contribution in [0.3, 0.4) is 0 Å². The molecule has 0 unspecified atom stereocenters. The maximum absolute atomic E-state index is 12.5. The number of hydrogen-bond acceptors (Lipinski definition) is 3. The van der Waals surface area contributed by atoms with Gasteiger partial charge in [0.15, 0.2) is 0 Å². The summed E-state index contributed by atoms with van der Waals surface area (Å²) in [6.07, 6.45) is 2.48. The van der Waals surface area contributed by atoms with E-state index in [4.69, 9.17) is 11.6 Å². The lowest BCUT2D eigenvalue weighted by Gasteiger charge is -2.18. The summed E-state index contributed by atoms with van der Waals surface area (Å²) in [4.78, 5) is 24.9. The van der Waals surface area contributed by atoms with Crippen molar-refractivity contribution < 1.29 is 9.59 Å². The summed E-state index contributed by atoms with van der Waals surface area (Å²) in [7, 11) is 0. The molecule has 2 amide bonds. The normalized spacial score (nSPS) is 11.0. The molecule has 2 aromatic rings. The van der Waals surface area contributed by atoms with Gasteiger partial charge in [-0.15, -0.1) is 0 Å². The van der Waals surface area contributed by atoms with E-state index in [1.165, 1.54) is 0 Å². The lowest BCUT2D eigenvalue weighted by atomic mass is 10.1. The molecule has 0 saturated heterocycles. The molecule has 0 fully saturated rings. The van der Waals surface area contributed by atoms with Crippen molar-refractivity contribution in [2.45, 2.75) is 12.5 Å². The van der Waals surface area contributed by atoms with Crippen LogP contribution in [-0.2, 0) is 4.79 Å². The summed E-state index contributed by atoms with van der Waals surface area (Å²) < 4.78 is 0. The van der Waals surface area contributed by atoms with Crippen molar-refractivity contribution in [1.82, 2.24) is 10.6 Å². The third-order valence-corrected chi connectivity index (χ3v) is 4.68. The summed E-state index contributed by atoms with van der Waals surface area (Å²) in [5, 5.41) is 5.89. The number of thioether (sulfide) groups is 1. The monoisotopic (exact) mass is 400 g/mol. The van der Waals surface area contributed by atoms with Crippen LogP contribution in [0.15, 0.2) is 54.6 Å². The summed E-state index contributed by atoms with van der Waals surface area (Å²) in [5.41, 5.74) is 1.24. The Kier molecular flexibility index (Phi) is 8.76. The van der Waals surface area contributed by atoms with E-state index in [2.05, 4.69) is 22.5 Å². The second-order valence-electron chi connectivity index (χ2n) is 5.67. The van der Waals surface area contributed by atoms with Gasteiger partial charge in [-0.2, -0.15) is 11.8 Å². The Balaban J connectivity index is 1.96. The Bertz CT molecular complexity index is 831. The van der Waals surface area contributed by atoms with E-state index in [1.807, 2.05) is 36.6 Å². The molecule has 27 heavy (non-hydrogen) atoms. The summed E-state index contributed by atoms with van der Waals surface area (Å²) in [6.45, 7) is 0.214. The molecule has 0 aliphatic rings. The molecule has 1 atom stereocenters.